The summed E-state index contributed by atoms with van der Waals surface area (Å²) in [5.41, 5.74) is 0.280. The van der Waals surface area contributed by atoms with Crippen LogP contribution >= 0.6 is 11.3 Å². The summed E-state index contributed by atoms with van der Waals surface area (Å²) in [6, 6.07) is 9.65. The predicted octanol–water partition coefficient (Wildman–Crippen LogP) is 1.86. The Balaban J connectivity index is 2.16. The summed E-state index contributed by atoms with van der Waals surface area (Å²) in [6.07, 6.45) is 0. The Morgan fingerprint density at radius 2 is 2.09 bits per heavy atom. The molecule has 1 aromatic carbocycles. The standard InChI is InChI=1S/C14H16N2O4S2/c1-16(20-2)22(18,19)13-7-3-5-11(9-13)14(17)15-10-12-6-4-8-21-12/h3-9H,10H2,1-2H3,(H,15,17). The second-order valence-corrected chi connectivity index (χ2v) is 7.36. The van der Waals surface area contributed by atoms with Crippen LogP contribution in [0.3, 0.4) is 0 Å². The first-order valence-electron chi connectivity index (χ1n) is 6.39. The molecule has 2 aromatic rings. The maximum atomic E-state index is 12.2. The van der Waals surface area contributed by atoms with E-state index in [0.29, 0.717) is 6.54 Å². The van der Waals surface area contributed by atoms with Crippen LogP contribution in [-0.2, 0) is 21.4 Å². The van der Waals surface area contributed by atoms with Crippen LogP contribution in [0.1, 0.15) is 15.2 Å². The van der Waals surface area contributed by atoms with Crippen LogP contribution in [0.2, 0.25) is 0 Å². The van der Waals surface area contributed by atoms with E-state index in [1.54, 1.807) is 17.4 Å². The highest BCUT2D eigenvalue weighted by Gasteiger charge is 2.21. The molecular weight excluding hydrogens is 324 g/mol. The minimum atomic E-state index is -3.77. The number of thiophene rings is 1. The van der Waals surface area contributed by atoms with Crippen LogP contribution in [0.15, 0.2) is 46.7 Å². The highest BCUT2D eigenvalue weighted by Crippen LogP contribution is 2.16. The summed E-state index contributed by atoms with van der Waals surface area (Å²) in [6.45, 7) is 0.408. The fourth-order valence-electron chi connectivity index (χ4n) is 1.73. The van der Waals surface area contributed by atoms with Gasteiger partial charge in [-0.05, 0) is 29.6 Å². The van der Waals surface area contributed by atoms with Crippen molar-refractivity contribution < 1.29 is 18.0 Å². The molecule has 0 aliphatic rings. The number of rotatable bonds is 6. The number of carbonyl (C=O) groups excluding carboxylic acids is 1. The van der Waals surface area contributed by atoms with Crippen molar-refractivity contribution in [2.75, 3.05) is 14.2 Å². The summed E-state index contributed by atoms with van der Waals surface area (Å²) in [4.78, 5) is 17.8. The van der Waals surface area contributed by atoms with E-state index in [2.05, 4.69) is 5.32 Å². The molecule has 0 fully saturated rings. The largest absolute Gasteiger partial charge is 0.347 e. The molecule has 0 radical (unpaired) electrons. The third kappa shape index (κ3) is 3.72. The first-order chi connectivity index (χ1) is 10.4. The fraction of sp³-hybridized carbons (Fsp3) is 0.214. The van der Waals surface area contributed by atoms with Crippen LogP contribution in [0.25, 0.3) is 0 Å². The normalized spacial score (nSPS) is 11.6. The molecule has 0 unspecified atom stereocenters. The average molecular weight is 340 g/mol. The molecule has 0 aliphatic carbocycles. The number of nitrogens with one attached hydrogen (secondary N) is 1. The zero-order valence-electron chi connectivity index (χ0n) is 12.1. The Kier molecular flexibility index (Phi) is 5.30. The van der Waals surface area contributed by atoms with Gasteiger partial charge < -0.3 is 5.32 Å². The highest BCUT2D eigenvalue weighted by atomic mass is 32.2. The van der Waals surface area contributed by atoms with E-state index >= 15 is 0 Å². The Morgan fingerprint density at radius 3 is 2.73 bits per heavy atom. The lowest BCUT2D eigenvalue weighted by Gasteiger charge is -2.14. The van der Waals surface area contributed by atoms with Crippen molar-refractivity contribution in [3.63, 3.8) is 0 Å². The molecule has 22 heavy (non-hydrogen) atoms. The summed E-state index contributed by atoms with van der Waals surface area (Å²) in [5.74, 6) is -0.328. The van der Waals surface area contributed by atoms with Crippen molar-refractivity contribution in [2.45, 2.75) is 11.4 Å². The highest BCUT2D eigenvalue weighted by molar-refractivity contribution is 7.89. The number of sulfonamides is 1. The monoisotopic (exact) mass is 340 g/mol. The van der Waals surface area contributed by atoms with E-state index < -0.39 is 10.0 Å². The van der Waals surface area contributed by atoms with Gasteiger partial charge in [0.25, 0.3) is 15.9 Å². The minimum absolute atomic E-state index is 0.000577. The molecule has 0 saturated heterocycles. The molecule has 0 saturated carbocycles. The molecule has 0 atom stereocenters. The third-order valence-corrected chi connectivity index (χ3v) is 5.55. The number of carbonyl (C=O) groups is 1. The molecule has 8 heteroatoms. The first-order valence-corrected chi connectivity index (χ1v) is 8.71. The van der Waals surface area contributed by atoms with Crippen molar-refractivity contribution in [3.05, 3.63) is 52.2 Å². The first kappa shape index (κ1) is 16.6. The number of benzene rings is 1. The summed E-state index contributed by atoms with van der Waals surface area (Å²) in [7, 11) is -1.22. The van der Waals surface area contributed by atoms with E-state index in [9.17, 15) is 13.2 Å². The molecule has 1 aromatic heterocycles. The molecule has 1 heterocycles. The van der Waals surface area contributed by atoms with Gasteiger partial charge in [-0.3, -0.25) is 9.63 Å². The summed E-state index contributed by atoms with van der Waals surface area (Å²) >= 11 is 1.54. The van der Waals surface area contributed by atoms with Gasteiger partial charge in [0, 0.05) is 17.5 Å². The van der Waals surface area contributed by atoms with Crippen molar-refractivity contribution in [3.8, 4) is 0 Å². The molecule has 2 rings (SSSR count). The van der Waals surface area contributed by atoms with E-state index in [-0.39, 0.29) is 16.4 Å². The summed E-state index contributed by atoms with van der Waals surface area (Å²) < 4.78 is 25.1. The van der Waals surface area contributed by atoms with Crippen molar-refractivity contribution >= 4 is 27.3 Å². The maximum absolute atomic E-state index is 12.2. The predicted molar refractivity (Wildman–Crippen MR) is 83.9 cm³/mol. The van der Waals surface area contributed by atoms with Crippen molar-refractivity contribution in [1.29, 1.82) is 0 Å². The van der Waals surface area contributed by atoms with Crippen molar-refractivity contribution in [2.24, 2.45) is 0 Å². The molecule has 1 N–H and O–H groups in total. The van der Waals surface area contributed by atoms with Crippen LogP contribution in [-0.4, -0.2) is 33.0 Å². The average Bonchev–Trinajstić information content (AvgIpc) is 3.05. The second kappa shape index (κ2) is 7.01. The summed E-state index contributed by atoms with van der Waals surface area (Å²) in [5, 5.41) is 4.68. The Hall–Kier alpha value is -1.74. The van der Waals surface area contributed by atoms with Gasteiger partial charge in [0.1, 0.15) is 0 Å². The second-order valence-electron chi connectivity index (χ2n) is 4.39. The molecule has 0 aliphatic heterocycles. The minimum Gasteiger partial charge on any atom is -0.347 e. The number of hydrogen-bond donors (Lipinski definition) is 1. The SMILES string of the molecule is CON(C)S(=O)(=O)c1cccc(C(=O)NCc2cccs2)c1. The van der Waals surface area contributed by atoms with Crippen molar-refractivity contribution in [1.82, 2.24) is 9.79 Å². The lowest BCUT2D eigenvalue weighted by Crippen LogP contribution is -2.26. The number of hydrogen-bond acceptors (Lipinski definition) is 5. The van der Waals surface area contributed by atoms with Gasteiger partial charge >= 0.3 is 0 Å². The molecule has 6 nitrogen and oxygen atoms in total. The topological polar surface area (TPSA) is 75.7 Å². The fourth-order valence-corrected chi connectivity index (χ4v) is 3.39. The van der Waals surface area contributed by atoms with E-state index in [4.69, 9.17) is 4.84 Å². The smallest absolute Gasteiger partial charge is 0.264 e. The van der Waals surface area contributed by atoms with E-state index in [0.717, 1.165) is 9.35 Å². The zero-order valence-corrected chi connectivity index (χ0v) is 13.8. The van der Waals surface area contributed by atoms with Gasteiger partial charge in [0.05, 0.1) is 18.6 Å². The van der Waals surface area contributed by atoms with Gasteiger partial charge in [-0.15, -0.1) is 11.3 Å². The molecule has 0 spiro atoms. The van der Waals surface area contributed by atoms with Gasteiger partial charge in [0.2, 0.25) is 0 Å². The van der Waals surface area contributed by atoms with Crippen LogP contribution < -0.4 is 5.32 Å². The van der Waals surface area contributed by atoms with Gasteiger partial charge in [-0.2, -0.15) is 0 Å². The quantitative estimate of drug-likeness (QED) is 0.815. The molecule has 1 amide bonds. The van der Waals surface area contributed by atoms with E-state index in [1.165, 1.54) is 32.4 Å². The van der Waals surface area contributed by atoms with Crippen LogP contribution in [0.4, 0.5) is 0 Å². The Bertz CT molecular complexity index is 742. The number of nitrogens with zero attached hydrogens (tertiary/aromatic N) is 1. The van der Waals surface area contributed by atoms with Crippen LogP contribution in [0, 0.1) is 0 Å². The maximum Gasteiger partial charge on any atom is 0.264 e. The van der Waals surface area contributed by atoms with Gasteiger partial charge in [-0.1, -0.05) is 16.6 Å². The lowest BCUT2D eigenvalue weighted by atomic mass is 10.2. The zero-order chi connectivity index (χ0) is 16.2. The van der Waals surface area contributed by atoms with Gasteiger partial charge in [-0.25, -0.2) is 8.42 Å². The van der Waals surface area contributed by atoms with Crippen LogP contribution in [0.5, 0.6) is 0 Å². The van der Waals surface area contributed by atoms with Gasteiger partial charge in [0.15, 0.2) is 0 Å². The Labute approximate surface area is 133 Å². The van der Waals surface area contributed by atoms with E-state index in [1.807, 2.05) is 17.5 Å². The lowest BCUT2D eigenvalue weighted by molar-refractivity contribution is -0.0258. The molecule has 118 valence electrons. The Morgan fingerprint density at radius 1 is 1.32 bits per heavy atom. The molecular formula is C14H16N2O4S2. The number of hydroxylamine groups is 1. The number of amides is 1. The molecule has 0 bridgehead atoms. The third-order valence-electron chi connectivity index (χ3n) is 2.99.